The summed E-state index contributed by atoms with van der Waals surface area (Å²) in [7, 11) is -4.04. The molecule has 0 aliphatic carbocycles. The highest BCUT2D eigenvalue weighted by molar-refractivity contribution is 8.01. The van der Waals surface area contributed by atoms with Gasteiger partial charge in [-0.2, -0.15) is 0 Å². The standard InChI is InChI=1S/C18H17FN4O3S3/c1-2-27-18-22-21-17(28-18)20-16(24)12-23(14-10-8-13(19)9-11-14)29(25,26)15-6-4-3-5-7-15/h3-11H,2,12H2,1H3,(H,20,21,24). The van der Waals surface area contributed by atoms with Crippen LogP contribution in [0.2, 0.25) is 0 Å². The number of nitrogens with one attached hydrogen (secondary N) is 1. The van der Waals surface area contributed by atoms with E-state index in [1.54, 1.807) is 18.2 Å². The van der Waals surface area contributed by atoms with Crippen molar-refractivity contribution in [3.8, 4) is 0 Å². The molecule has 3 aromatic rings. The third kappa shape index (κ3) is 5.31. The molecule has 0 fully saturated rings. The maximum absolute atomic E-state index is 13.3. The number of thioether (sulfide) groups is 1. The fourth-order valence-corrected chi connectivity index (χ4v) is 5.48. The number of halogens is 1. The first-order valence-electron chi connectivity index (χ1n) is 8.49. The number of carbonyl (C=O) groups is 1. The van der Waals surface area contributed by atoms with E-state index >= 15 is 0 Å². The largest absolute Gasteiger partial charge is 0.299 e. The summed E-state index contributed by atoms with van der Waals surface area (Å²) in [5.74, 6) is -0.279. The van der Waals surface area contributed by atoms with Crippen molar-refractivity contribution < 1.29 is 17.6 Å². The molecule has 2 aromatic carbocycles. The van der Waals surface area contributed by atoms with Crippen LogP contribution >= 0.6 is 23.1 Å². The van der Waals surface area contributed by atoms with Gasteiger partial charge in [0.25, 0.3) is 10.0 Å². The second-order valence-corrected chi connectivity index (χ2v) is 10.0. The normalized spacial score (nSPS) is 11.2. The number of nitrogens with zero attached hydrogens (tertiary/aromatic N) is 3. The third-order valence-corrected chi connectivity index (χ3v) is 7.30. The highest BCUT2D eigenvalue weighted by Crippen LogP contribution is 2.26. The van der Waals surface area contributed by atoms with Crippen LogP contribution in [0.1, 0.15) is 6.92 Å². The number of benzene rings is 2. The molecular weight excluding hydrogens is 435 g/mol. The molecule has 1 heterocycles. The van der Waals surface area contributed by atoms with Gasteiger partial charge in [0.15, 0.2) is 4.34 Å². The minimum atomic E-state index is -4.04. The highest BCUT2D eigenvalue weighted by atomic mass is 32.2. The van der Waals surface area contributed by atoms with Crippen LogP contribution in [0.25, 0.3) is 0 Å². The molecule has 29 heavy (non-hydrogen) atoms. The summed E-state index contributed by atoms with van der Waals surface area (Å²) < 4.78 is 41.2. The van der Waals surface area contributed by atoms with E-state index in [1.807, 2.05) is 6.92 Å². The Morgan fingerprint density at radius 2 is 1.83 bits per heavy atom. The second kappa shape index (κ2) is 9.33. The molecule has 1 aromatic heterocycles. The maximum Gasteiger partial charge on any atom is 0.264 e. The van der Waals surface area contributed by atoms with Gasteiger partial charge in [-0.05, 0) is 42.2 Å². The van der Waals surface area contributed by atoms with E-state index in [0.29, 0.717) is 4.34 Å². The summed E-state index contributed by atoms with van der Waals surface area (Å²) >= 11 is 2.69. The fraction of sp³-hybridized carbons (Fsp3) is 0.167. The Morgan fingerprint density at radius 1 is 1.14 bits per heavy atom. The molecule has 1 N–H and O–H groups in total. The van der Waals surface area contributed by atoms with Crippen LogP contribution in [0, 0.1) is 5.82 Å². The van der Waals surface area contributed by atoms with Crippen LogP contribution in [0.15, 0.2) is 63.8 Å². The number of sulfonamides is 1. The molecule has 0 spiro atoms. The lowest BCUT2D eigenvalue weighted by molar-refractivity contribution is -0.114. The molecule has 3 rings (SSSR count). The van der Waals surface area contributed by atoms with Gasteiger partial charge < -0.3 is 0 Å². The number of anilines is 2. The molecule has 11 heteroatoms. The molecule has 1 amide bonds. The molecule has 0 atom stereocenters. The van der Waals surface area contributed by atoms with Gasteiger partial charge >= 0.3 is 0 Å². The average molecular weight is 453 g/mol. The molecule has 7 nitrogen and oxygen atoms in total. The van der Waals surface area contributed by atoms with Gasteiger partial charge in [-0.15, -0.1) is 10.2 Å². The van der Waals surface area contributed by atoms with Crippen molar-refractivity contribution in [2.24, 2.45) is 0 Å². The summed E-state index contributed by atoms with van der Waals surface area (Å²) in [5.41, 5.74) is 0.171. The molecule has 0 bridgehead atoms. The number of hydrogen-bond acceptors (Lipinski definition) is 7. The van der Waals surface area contributed by atoms with Crippen molar-refractivity contribution >= 4 is 49.8 Å². The first-order chi connectivity index (χ1) is 13.9. The lowest BCUT2D eigenvalue weighted by Gasteiger charge is -2.23. The zero-order valence-corrected chi connectivity index (χ0v) is 17.7. The van der Waals surface area contributed by atoms with E-state index in [0.717, 1.165) is 22.2 Å². The van der Waals surface area contributed by atoms with Crippen molar-refractivity contribution in [3.63, 3.8) is 0 Å². The summed E-state index contributed by atoms with van der Waals surface area (Å²) in [4.78, 5) is 12.6. The van der Waals surface area contributed by atoms with Crippen molar-refractivity contribution in [3.05, 3.63) is 60.4 Å². The quantitative estimate of drug-likeness (QED) is 0.415. The summed E-state index contributed by atoms with van der Waals surface area (Å²) in [5, 5.41) is 10.7. The van der Waals surface area contributed by atoms with E-state index in [4.69, 9.17) is 0 Å². The monoisotopic (exact) mass is 452 g/mol. The van der Waals surface area contributed by atoms with Crippen LogP contribution < -0.4 is 9.62 Å². The number of amides is 1. The van der Waals surface area contributed by atoms with Crippen LogP contribution in [0.3, 0.4) is 0 Å². The van der Waals surface area contributed by atoms with Crippen LogP contribution in [0.4, 0.5) is 15.2 Å². The number of hydrogen-bond donors (Lipinski definition) is 1. The van der Waals surface area contributed by atoms with E-state index in [9.17, 15) is 17.6 Å². The van der Waals surface area contributed by atoms with Gasteiger partial charge in [0.2, 0.25) is 11.0 Å². The van der Waals surface area contributed by atoms with E-state index in [-0.39, 0.29) is 15.7 Å². The van der Waals surface area contributed by atoms with Crippen molar-refractivity contribution in [2.45, 2.75) is 16.2 Å². The Bertz CT molecular complexity index is 1070. The number of carbonyl (C=O) groups excluding carboxylic acids is 1. The molecule has 0 aliphatic rings. The predicted octanol–water partition coefficient (Wildman–Crippen LogP) is 3.62. The van der Waals surface area contributed by atoms with E-state index in [2.05, 4.69) is 15.5 Å². The lowest BCUT2D eigenvalue weighted by atomic mass is 10.3. The zero-order chi connectivity index (χ0) is 20.9. The minimum Gasteiger partial charge on any atom is -0.299 e. The first kappa shape index (κ1) is 21.2. The van der Waals surface area contributed by atoms with Gasteiger partial charge in [-0.3, -0.25) is 14.4 Å². The Kier molecular flexibility index (Phi) is 6.83. The van der Waals surface area contributed by atoms with Crippen LogP contribution in [0.5, 0.6) is 0 Å². The second-order valence-electron chi connectivity index (χ2n) is 5.66. The zero-order valence-electron chi connectivity index (χ0n) is 15.3. The molecule has 0 saturated carbocycles. The van der Waals surface area contributed by atoms with Gasteiger partial charge in [-0.25, -0.2) is 12.8 Å². The Morgan fingerprint density at radius 3 is 2.48 bits per heavy atom. The summed E-state index contributed by atoms with van der Waals surface area (Å²) in [6.45, 7) is 1.47. The Labute approximate surface area is 176 Å². The maximum atomic E-state index is 13.3. The van der Waals surface area contributed by atoms with E-state index in [1.165, 1.54) is 47.4 Å². The molecule has 0 saturated heterocycles. The summed E-state index contributed by atoms with van der Waals surface area (Å²) in [6.07, 6.45) is 0. The third-order valence-electron chi connectivity index (χ3n) is 3.65. The molecule has 0 aliphatic heterocycles. The smallest absolute Gasteiger partial charge is 0.264 e. The topological polar surface area (TPSA) is 92.3 Å². The van der Waals surface area contributed by atoms with Crippen LogP contribution in [-0.4, -0.2) is 36.8 Å². The minimum absolute atomic E-state index is 0.0228. The van der Waals surface area contributed by atoms with Gasteiger partial charge in [-0.1, -0.05) is 48.2 Å². The predicted molar refractivity (Wildman–Crippen MR) is 112 cm³/mol. The van der Waals surface area contributed by atoms with Crippen molar-refractivity contribution in [1.29, 1.82) is 0 Å². The Balaban J connectivity index is 1.87. The first-order valence-corrected chi connectivity index (χ1v) is 11.7. The molecular formula is C18H17FN4O3S3. The van der Waals surface area contributed by atoms with Gasteiger partial charge in [0.1, 0.15) is 12.4 Å². The highest BCUT2D eigenvalue weighted by Gasteiger charge is 2.27. The molecule has 0 radical (unpaired) electrons. The number of rotatable bonds is 8. The molecule has 152 valence electrons. The fourth-order valence-electron chi connectivity index (χ4n) is 2.37. The van der Waals surface area contributed by atoms with Gasteiger partial charge in [0.05, 0.1) is 10.6 Å². The average Bonchev–Trinajstić information content (AvgIpc) is 3.14. The molecule has 0 unspecified atom stereocenters. The van der Waals surface area contributed by atoms with Crippen molar-refractivity contribution in [1.82, 2.24) is 10.2 Å². The lowest BCUT2D eigenvalue weighted by Crippen LogP contribution is -2.38. The SMILES string of the molecule is CCSc1nnc(NC(=O)CN(c2ccc(F)cc2)S(=O)(=O)c2ccccc2)s1. The number of aromatic nitrogens is 2. The Hall–Kier alpha value is -2.50. The van der Waals surface area contributed by atoms with Gasteiger partial charge in [0, 0.05) is 0 Å². The van der Waals surface area contributed by atoms with E-state index < -0.39 is 28.3 Å². The summed E-state index contributed by atoms with van der Waals surface area (Å²) in [6, 6.07) is 12.6. The van der Waals surface area contributed by atoms with Crippen molar-refractivity contribution in [2.75, 3.05) is 21.9 Å². The van der Waals surface area contributed by atoms with Crippen LogP contribution in [-0.2, 0) is 14.8 Å².